The fourth-order valence-corrected chi connectivity index (χ4v) is 5.78. The predicted octanol–water partition coefficient (Wildman–Crippen LogP) is 2.36. The minimum Gasteiger partial charge on any atom is -0.421 e. The van der Waals surface area contributed by atoms with Crippen LogP contribution in [-0.4, -0.2) is 78.2 Å². The molecule has 5 rings (SSSR count). The van der Waals surface area contributed by atoms with Crippen molar-refractivity contribution in [3.63, 3.8) is 0 Å². The summed E-state index contributed by atoms with van der Waals surface area (Å²) in [5.41, 5.74) is 1.73. The molecule has 0 N–H and O–H groups in total. The van der Waals surface area contributed by atoms with E-state index in [1.54, 1.807) is 49.5 Å². The van der Waals surface area contributed by atoms with E-state index in [-0.39, 0.29) is 6.54 Å². The summed E-state index contributed by atoms with van der Waals surface area (Å²) in [7, 11) is -3.82. The van der Waals surface area contributed by atoms with Crippen molar-refractivity contribution in [2.24, 2.45) is 0 Å². The number of pyridine rings is 1. The largest absolute Gasteiger partial charge is 0.421 e. The van der Waals surface area contributed by atoms with Crippen LogP contribution in [-0.2, 0) is 21.5 Å². The molecule has 12 heteroatoms. The summed E-state index contributed by atoms with van der Waals surface area (Å²) < 4.78 is 41.1. The summed E-state index contributed by atoms with van der Waals surface area (Å²) in [5, 5.41) is 8.29. The molecule has 0 saturated carbocycles. The smallest absolute Gasteiger partial charge is 0.304 e. The summed E-state index contributed by atoms with van der Waals surface area (Å²) in [4.78, 5) is 6.75. The Morgan fingerprint density at radius 1 is 1.12 bits per heavy atom. The first-order valence-corrected chi connectivity index (χ1v) is 12.8. The first kappa shape index (κ1) is 23.2. The fourth-order valence-electron chi connectivity index (χ4n) is 4.02. The molecular weight excluding hydrogens is 480 g/mol. The molecule has 3 aromatic rings. The fraction of sp³-hybridized carbons (Fsp3) is 0.409. The zero-order valence-electron chi connectivity index (χ0n) is 18.7. The number of piperazine rings is 1. The average Bonchev–Trinajstić information content (AvgIpc) is 3.23. The van der Waals surface area contributed by atoms with Crippen molar-refractivity contribution >= 4 is 27.5 Å². The van der Waals surface area contributed by atoms with E-state index in [0.717, 1.165) is 0 Å². The Bertz CT molecular complexity index is 1240. The Morgan fingerprint density at radius 3 is 2.50 bits per heavy atom. The minimum atomic E-state index is -3.82. The second kappa shape index (κ2) is 9.59. The Labute approximate surface area is 203 Å². The van der Waals surface area contributed by atoms with E-state index in [1.165, 1.54) is 8.61 Å². The highest BCUT2D eigenvalue weighted by Crippen LogP contribution is 2.27. The molecule has 34 heavy (non-hydrogen) atoms. The number of ether oxygens (including phenoxy) is 1. The summed E-state index contributed by atoms with van der Waals surface area (Å²) in [5.74, 6) is 0.827. The van der Waals surface area contributed by atoms with Crippen molar-refractivity contribution in [3.8, 4) is 11.5 Å². The second-order valence-corrected chi connectivity index (χ2v) is 10.6. The van der Waals surface area contributed by atoms with Gasteiger partial charge in [0.1, 0.15) is 0 Å². The molecular formula is C22H25ClN6O4S. The molecule has 0 aliphatic carbocycles. The second-order valence-electron chi connectivity index (χ2n) is 8.29. The topological polar surface area (TPSA) is 105 Å². The number of halogens is 1. The molecule has 180 valence electrons. The van der Waals surface area contributed by atoms with Gasteiger partial charge < -0.3 is 9.15 Å². The van der Waals surface area contributed by atoms with E-state index < -0.39 is 10.2 Å². The summed E-state index contributed by atoms with van der Waals surface area (Å²) >= 11 is 6.20. The van der Waals surface area contributed by atoms with Gasteiger partial charge in [-0.2, -0.15) is 12.7 Å². The van der Waals surface area contributed by atoms with E-state index in [1.807, 2.05) is 0 Å². The molecule has 10 nitrogen and oxygen atoms in total. The maximum atomic E-state index is 13.8. The van der Waals surface area contributed by atoms with Gasteiger partial charge in [-0.15, -0.1) is 10.2 Å². The molecule has 4 heterocycles. The van der Waals surface area contributed by atoms with Gasteiger partial charge in [0, 0.05) is 44.3 Å². The number of hydrogen-bond donors (Lipinski definition) is 0. The van der Waals surface area contributed by atoms with Gasteiger partial charge in [0.05, 0.1) is 42.7 Å². The maximum absolute atomic E-state index is 13.8. The van der Waals surface area contributed by atoms with Crippen LogP contribution < -0.4 is 4.31 Å². The number of hydrogen-bond acceptors (Lipinski definition) is 8. The standard InChI is InChI=1S/C22H25ClN6O4S/c1-16-25-26-22(33-16)17-5-6-19(24-12-17)13-29(20-4-2-3-18(23)11-20)34(30,31)28-9-7-27(8-10-28)21-14-32-15-21/h2-6,11-12,21H,7-10,13-15H2,1H3. The highest BCUT2D eigenvalue weighted by molar-refractivity contribution is 7.90. The monoisotopic (exact) mass is 504 g/mol. The lowest BCUT2D eigenvalue weighted by atomic mass is 10.2. The van der Waals surface area contributed by atoms with Crippen LogP contribution in [0.1, 0.15) is 11.6 Å². The number of benzene rings is 1. The third kappa shape index (κ3) is 4.80. The third-order valence-corrected chi connectivity index (χ3v) is 8.16. The van der Waals surface area contributed by atoms with Crippen LogP contribution in [0.5, 0.6) is 0 Å². The van der Waals surface area contributed by atoms with Crippen LogP contribution in [0.15, 0.2) is 47.0 Å². The van der Waals surface area contributed by atoms with Gasteiger partial charge in [-0.25, -0.2) is 0 Å². The lowest BCUT2D eigenvalue weighted by Gasteiger charge is -2.43. The summed E-state index contributed by atoms with van der Waals surface area (Å²) in [6.45, 7) is 5.38. The van der Waals surface area contributed by atoms with E-state index in [2.05, 4.69) is 20.1 Å². The molecule has 0 atom stereocenters. The molecule has 2 saturated heterocycles. The molecule has 1 aromatic carbocycles. The molecule has 2 aliphatic rings. The highest BCUT2D eigenvalue weighted by atomic mass is 35.5. The van der Waals surface area contributed by atoms with E-state index in [4.69, 9.17) is 20.8 Å². The number of rotatable bonds is 7. The van der Waals surface area contributed by atoms with Crippen molar-refractivity contribution < 1.29 is 17.6 Å². The summed E-state index contributed by atoms with van der Waals surface area (Å²) in [6.07, 6.45) is 1.60. The van der Waals surface area contributed by atoms with E-state index in [0.29, 0.717) is 79.2 Å². The number of nitrogens with zero attached hydrogens (tertiary/aromatic N) is 6. The van der Waals surface area contributed by atoms with Crippen molar-refractivity contribution in [1.29, 1.82) is 0 Å². The van der Waals surface area contributed by atoms with Crippen LogP contribution in [0.2, 0.25) is 5.02 Å². The molecule has 0 spiro atoms. The number of anilines is 1. The predicted molar refractivity (Wildman–Crippen MR) is 127 cm³/mol. The number of aromatic nitrogens is 3. The van der Waals surface area contributed by atoms with Crippen molar-refractivity contribution in [2.45, 2.75) is 19.5 Å². The van der Waals surface area contributed by atoms with Crippen LogP contribution in [0.25, 0.3) is 11.5 Å². The van der Waals surface area contributed by atoms with Gasteiger partial charge in [0.25, 0.3) is 0 Å². The Morgan fingerprint density at radius 2 is 1.91 bits per heavy atom. The normalized spacial score (nSPS) is 18.1. The Kier molecular flexibility index (Phi) is 6.54. The Hall–Kier alpha value is -2.57. The van der Waals surface area contributed by atoms with Crippen LogP contribution in [0.3, 0.4) is 0 Å². The molecule has 2 aliphatic heterocycles. The van der Waals surface area contributed by atoms with Crippen molar-refractivity contribution in [2.75, 3.05) is 43.7 Å². The lowest BCUT2D eigenvalue weighted by molar-refractivity contribution is -0.0721. The quantitative estimate of drug-likeness (QED) is 0.483. The van der Waals surface area contributed by atoms with Gasteiger partial charge in [0.2, 0.25) is 11.8 Å². The maximum Gasteiger partial charge on any atom is 0.304 e. The number of aryl methyl sites for hydroxylation is 1. The highest BCUT2D eigenvalue weighted by Gasteiger charge is 2.36. The van der Waals surface area contributed by atoms with Crippen LogP contribution >= 0.6 is 11.6 Å². The van der Waals surface area contributed by atoms with E-state index in [9.17, 15) is 8.42 Å². The molecule has 2 fully saturated rings. The minimum absolute atomic E-state index is 0.0580. The van der Waals surface area contributed by atoms with Crippen molar-refractivity contribution in [3.05, 3.63) is 59.2 Å². The third-order valence-electron chi connectivity index (χ3n) is 6.01. The summed E-state index contributed by atoms with van der Waals surface area (Å²) in [6, 6.07) is 10.8. The van der Waals surface area contributed by atoms with Gasteiger partial charge in [-0.3, -0.25) is 14.2 Å². The van der Waals surface area contributed by atoms with Gasteiger partial charge in [-0.1, -0.05) is 17.7 Å². The molecule has 0 bridgehead atoms. The van der Waals surface area contributed by atoms with Crippen LogP contribution in [0.4, 0.5) is 5.69 Å². The SMILES string of the molecule is Cc1nnc(-c2ccc(CN(c3cccc(Cl)c3)S(=O)(=O)N3CCN(C4COC4)CC3)nc2)o1. The van der Waals surface area contributed by atoms with Gasteiger partial charge >= 0.3 is 10.2 Å². The molecule has 0 amide bonds. The average molecular weight is 505 g/mol. The lowest BCUT2D eigenvalue weighted by Crippen LogP contribution is -2.59. The van der Waals surface area contributed by atoms with Gasteiger partial charge in [-0.05, 0) is 30.3 Å². The van der Waals surface area contributed by atoms with Gasteiger partial charge in [0.15, 0.2) is 0 Å². The first-order valence-electron chi connectivity index (χ1n) is 11.0. The first-order chi connectivity index (χ1) is 16.4. The Balaban J connectivity index is 1.38. The molecule has 2 aromatic heterocycles. The zero-order chi connectivity index (χ0) is 23.7. The molecule has 0 unspecified atom stereocenters. The van der Waals surface area contributed by atoms with Crippen molar-refractivity contribution in [1.82, 2.24) is 24.4 Å². The zero-order valence-corrected chi connectivity index (χ0v) is 20.2. The molecule has 0 radical (unpaired) electrons. The van der Waals surface area contributed by atoms with E-state index >= 15 is 0 Å². The van der Waals surface area contributed by atoms with Crippen LogP contribution in [0, 0.1) is 6.92 Å².